The van der Waals surface area contributed by atoms with Crippen LogP contribution in [-0.4, -0.2) is 21.5 Å². The van der Waals surface area contributed by atoms with Crippen molar-refractivity contribution >= 4 is 56.5 Å². The molecule has 0 aromatic heterocycles. The molecule has 0 heterocycles. The van der Waals surface area contributed by atoms with Gasteiger partial charge >= 0.3 is 0 Å². The van der Waals surface area contributed by atoms with Crippen molar-refractivity contribution in [1.82, 2.24) is 0 Å². The standard InChI is InChI=1S/C4H6Cl4O3S/c5-3(12(9,10)11)1-2-4(6,7)8/h3H,1-2H2,(H,9,10,11). The lowest BCUT2D eigenvalue weighted by atomic mass is 10.4. The van der Waals surface area contributed by atoms with Crippen molar-refractivity contribution in [3.05, 3.63) is 0 Å². The van der Waals surface area contributed by atoms with Crippen LogP contribution in [0.2, 0.25) is 0 Å². The van der Waals surface area contributed by atoms with Crippen LogP contribution < -0.4 is 0 Å². The highest BCUT2D eigenvalue weighted by Gasteiger charge is 2.26. The second-order valence-corrected chi connectivity index (χ2v) is 6.98. The van der Waals surface area contributed by atoms with Crippen LogP contribution in [0.25, 0.3) is 0 Å². The summed E-state index contributed by atoms with van der Waals surface area (Å²) in [6, 6.07) is 0. The smallest absolute Gasteiger partial charge is 0.281 e. The Morgan fingerprint density at radius 1 is 1.33 bits per heavy atom. The first kappa shape index (κ1) is 13.1. The van der Waals surface area contributed by atoms with Gasteiger partial charge in [-0.1, -0.05) is 34.8 Å². The van der Waals surface area contributed by atoms with Crippen LogP contribution in [0.1, 0.15) is 12.8 Å². The highest BCUT2D eigenvalue weighted by Crippen LogP contribution is 2.33. The Morgan fingerprint density at radius 3 is 2.00 bits per heavy atom. The van der Waals surface area contributed by atoms with Gasteiger partial charge in [0.15, 0.2) is 8.50 Å². The lowest BCUT2D eigenvalue weighted by Crippen LogP contribution is -2.16. The van der Waals surface area contributed by atoms with Gasteiger partial charge in [-0.2, -0.15) is 8.42 Å². The van der Waals surface area contributed by atoms with E-state index in [2.05, 4.69) is 0 Å². The normalized spacial score (nSPS) is 16.1. The maximum atomic E-state index is 10.3. The molecule has 0 aliphatic heterocycles. The lowest BCUT2D eigenvalue weighted by Gasteiger charge is -2.11. The number of hydrogen-bond acceptors (Lipinski definition) is 2. The van der Waals surface area contributed by atoms with Crippen molar-refractivity contribution in [2.75, 3.05) is 0 Å². The van der Waals surface area contributed by atoms with Crippen LogP contribution in [0.3, 0.4) is 0 Å². The van der Waals surface area contributed by atoms with E-state index in [1.165, 1.54) is 0 Å². The predicted molar refractivity (Wildman–Crippen MR) is 50.7 cm³/mol. The molecule has 0 radical (unpaired) electrons. The van der Waals surface area contributed by atoms with Gasteiger partial charge < -0.3 is 0 Å². The molecule has 0 saturated heterocycles. The fourth-order valence-corrected chi connectivity index (χ4v) is 1.28. The van der Waals surface area contributed by atoms with Crippen LogP contribution in [0, 0.1) is 0 Å². The van der Waals surface area contributed by atoms with E-state index in [0.29, 0.717) is 0 Å². The van der Waals surface area contributed by atoms with E-state index in [1.54, 1.807) is 0 Å². The van der Waals surface area contributed by atoms with Gasteiger partial charge in [0, 0.05) is 0 Å². The van der Waals surface area contributed by atoms with Gasteiger partial charge in [0.05, 0.1) is 0 Å². The van der Waals surface area contributed by atoms with E-state index in [0.717, 1.165) is 0 Å². The van der Waals surface area contributed by atoms with Crippen molar-refractivity contribution in [1.29, 1.82) is 0 Å². The maximum Gasteiger partial charge on any atom is 0.281 e. The Balaban J connectivity index is 3.98. The Morgan fingerprint density at radius 2 is 1.75 bits per heavy atom. The quantitative estimate of drug-likeness (QED) is 0.636. The van der Waals surface area contributed by atoms with Gasteiger partial charge in [-0.15, -0.1) is 11.6 Å². The molecular weight excluding hydrogens is 270 g/mol. The van der Waals surface area contributed by atoms with Gasteiger partial charge in [-0.3, -0.25) is 4.55 Å². The molecule has 0 rings (SSSR count). The average Bonchev–Trinajstić information content (AvgIpc) is 1.78. The molecule has 0 spiro atoms. The average molecular weight is 276 g/mol. The Bertz CT molecular complexity index is 231. The molecular formula is C4H6Cl4O3S. The molecule has 0 bridgehead atoms. The Kier molecular flexibility index (Phi) is 4.93. The Hall–Kier alpha value is 1.07. The van der Waals surface area contributed by atoms with Gasteiger partial charge in [-0.25, -0.2) is 0 Å². The van der Waals surface area contributed by atoms with Crippen molar-refractivity contribution in [3.63, 3.8) is 0 Å². The molecule has 0 aliphatic rings. The van der Waals surface area contributed by atoms with E-state index in [-0.39, 0.29) is 12.8 Å². The molecule has 12 heavy (non-hydrogen) atoms. The highest BCUT2D eigenvalue weighted by molar-refractivity contribution is 7.87. The minimum Gasteiger partial charge on any atom is -0.284 e. The fourth-order valence-electron chi connectivity index (χ4n) is 0.426. The summed E-state index contributed by atoms with van der Waals surface area (Å²) in [7, 11) is -4.24. The Labute approximate surface area is 90.7 Å². The number of hydrogen-bond donors (Lipinski definition) is 1. The van der Waals surface area contributed by atoms with E-state index in [9.17, 15) is 8.42 Å². The van der Waals surface area contributed by atoms with Crippen LogP contribution in [0.4, 0.5) is 0 Å². The molecule has 1 unspecified atom stereocenters. The summed E-state index contributed by atoms with van der Waals surface area (Å²) in [5.74, 6) is 0. The summed E-state index contributed by atoms with van der Waals surface area (Å²) in [4.78, 5) is 0. The first-order valence-electron chi connectivity index (χ1n) is 2.80. The SMILES string of the molecule is O=S(=O)(O)C(Cl)CCC(Cl)(Cl)Cl. The third-order valence-corrected chi connectivity index (χ3v) is 3.32. The highest BCUT2D eigenvalue weighted by atomic mass is 35.6. The zero-order chi connectivity index (χ0) is 9.99. The van der Waals surface area contributed by atoms with Crippen LogP contribution >= 0.6 is 46.4 Å². The third-order valence-electron chi connectivity index (χ3n) is 0.978. The van der Waals surface area contributed by atoms with Crippen LogP contribution in [-0.2, 0) is 10.1 Å². The van der Waals surface area contributed by atoms with Gasteiger partial charge in [-0.05, 0) is 12.8 Å². The minimum atomic E-state index is -4.24. The number of halogens is 4. The van der Waals surface area contributed by atoms with Crippen LogP contribution in [0.5, 0.6) is 0 Å². The second kappa shape index (κ2) is 4.53. The summed E-state index contributed by atoms with van der Waals surface area (Å²) in [6.07, 6.45) is -0.150. The molecule has 0 saturated carbocycles. The second-order valence-electron chi connectivity index (χ2n) is 2.08. The summed E-state index contributed by atoms with van der Waals surface area (Å²) in [6.45, 7) is 0. The van der Waals surface area contributed by atoms with Crippen molar-refractivity contribution in [2.24, 2.45) is 0 Å². The van der Waals surface area contributed by atoms with Gasteiger partial charge in [0.25, 0.3) is 10.1 Å². The largest absolute Gasteiger partial charge is 0.284 e. The molecule has 3 nitrogen and oxygen atoms in total. The summed E-state index contributed by atoms with van der Waals surface area (Å²) >= 11 is 21.2. The summed E-state index contributed by atoms with van der Waals surface area (Å²) in [5.41, 5.74) is 0. The van der Waals surface area contributed by atoms with Gasteiger partial charge in [0.2, 0.25) is 0 Å². The molecule has 1 N–H and O–H groups in total. The van der Waals surface area contributed by atoms with Crippen molar-refractivity contribution in [2.45, 2.75) is 21.3 Å². The fraction of sp³-hybridized carbons (Fsp3) is 1.00. The molecule has 0 amide bonds. The number of alkyl halides is 4. The summed E-state index contributed by atoms with van der Waals surface area (Å²) in [5, 5.41) is 0. The van der Waals surface area contributed by atoms with E-state index in [1.807, 2.05) is 0 Å². The maximum absolute atomic E-state index is 10.3. The summed E-state index contributed by atoms with van der Waals surface area (Å²) < 4.78 is 26.1. The van der Waals surface area contributed by atoms with E-state index in [4.69, 9.17) is 51.0 Å². The zero-order valence-corrected chi connectivity index (χ0v) is 9.52. The molecule has 1 atom stereocenters. The molecule has 74 valence electrons. The predicted octanol–water partition coefficient (Wildman–Crippen LogP) is 2.59. The minimum absolute atomic E-state index is 0.0361. The lowest BCUT2D eigenvalue weighted by molar-refractivity contribution is 0.475. The molecule has 0 aromatic rings. The van der Waals surface area contributed by atoms with Gasteiger partial charge in [0.1, 0.15) is 0 Å². The first-order chi connectivity index (χ1) is 5.13. The number of rotatable bonds is 3. The monoisotopic (exact) mass is 274 g/mol. The topological polar surface area (TPSA) is 54.4 Å². The molecule has 0 aliphatic carbocycles. The van der Waals surface area contributed by atoms with Crippen LogP contribution in [0.15, 0.2) is 0 Å². The first-order valence-corrected chi connectivity index (χ1v) is 5.87. The third kappa shape index (κ3) is 6.57. The molecule has 0 fully saturated rings. The van der Waals surface area contributed by atoms with E-state index < -0.39 is 18.6 Å². The van der Waals surface area contributed by atoms with Crippen molar-refractivity contribution < 1.29 is 13.0 Å². The van der Waals surface area contributed by atoms with Crippen molar-refractivity contribution in [3.8, 4) is 0 Å². The van der Waals surface area contributed by atoms with E-state index >= 15 is 0 Å². The molecule has 8 heteroatoms. The zero-order valence-electron chi connectivity index (χ0n) is 5.68. The molecule has 0 aromatic carbocycles.